The maximum atomic E-state index is 12.1. The van der Waals surface area contributed by atoms with Crippen molar-refractivity contribution in [2.24, 2.45) is 5.73 Å². The number of nitrogens with two attached hydrogens (primary N) is 1. The molecule has 0 amide bonds. The zero-order chi connectivity index (χ0) is 11.1. The van der Waals surface area contributed by atoms with Crippen molar-refractivity contribution in [1.82, 2.24) is 0 Å². The Labute approximate surface area is 88.0 Å². The predicted molar refractivity (Wildman–Crippen MR) is 56.1 cm³/mol. The third-order valence-electron chi connectivity index (χ3n) is 1.95. The lowest BCUT2D eigenvalue weighted by atomic mass is 10.2. The molecule has 0 heterocycles. The Kier molecular flexibility index (Phi) is 4.80. The van der Waals surface area contributed by atoms with Gasteiger partial charge in [-0.1, -0.05) is 12.1 Å². The highest BCUT2D eigenvalue weighted by Gasteiger charge is 1.98. The maximum Gasteiger partial charge on any atom is 0.119 e. The third-order valence-corrected chi connectivity index (χ3v) is 1.95. The number of ether oxygens (including phenoxy) is 1. The number of hydrogen-bond donors (Lipinski definition) is 2. The van der Waals surface area contributed by atoms with Gasteiger partial charge in [0.15, 0.2) is 0 Å². The first-order valence-electron chi connectivity index (χ1n) is 4.61. The Morgan fingerprint density at radius 1 is 1.40 bits per heavy atom. The molecule has 0 aromatic heterocycles. The van der Waals surface area contributed by atoms with Crippen LogP contribution in [0.3, 0.4) is 0 Å². The molecule has 0 unspecified atom stereocenters. The van der Waals surface area contributed by atoms with Gasteiger partial charge in [-0.25, -0.2) is 4.39 Å². The van der Waals surface area contributed by atoms with Crippen LogP contribution in [-0.2, 0) is 6.61 Å². The minimum absolute atomic E-state index is 0.00128. The van der Waals surface area contributed by atoms with Crippen LogP contribution in [0.5, 0.6) is 5.75 Å². The summed E-state index contributed by atoms with van der Waals surface area (Å²) in [6.45, 7) is 0.287. The summed E-state index contributed by atoms with van der Waals surface area (Å²) in [5.41, 5.74) is 6.48. The van der Waals surface area contributed by atoms with Crippen LogP contribution >= 0.6 is 0 Å². The quantitative estimate of drug-likeness (QED) is 0.773. The Morgan fingerprint density at radius 3 is 2.53 bits per heavy atom. The largest absolute Gasteiger partial charge is 0.489 e. The van der Waals surface area contributed by atoms with Gasteiger partial charge < -0.3 is 15.6 Å². The Balaban J connectivity index is 2.51. The molecule has 0 aliphatic rings. The molecular formula is C11H14FNO2. The van der Waals surface area contributed by atoms with Gasteiger partial charge in [0, 0.05) is 12.1 Å². The van der Waals surface area contributed by atoms with Crippen LogP contribution in [0, 0.1) is 0 Å². The van der Waals surface area contributed by atoms with E-state index in [0.29, 0.717) is 17.7 Å². The van der Waals surface area contributed by atoms with Gasteiger partial charge in [0.1, 0.15) is 12.4 Å². The van der Waals surface area contributed by atoms with Crippen molar-refractivity contribution < 1.29 is 14.2 Å². The highest BCUT2D eigenvalue weighted by Crippen LogP contribution is 2.12. The second-order valence-corrected chi connectivity index (χ2v) is 3.06. The van der Waals surface area contributed by atoms with E-state index < -0.39 is 0 Å². The molecule has 0 bridgehead atoms. The van der Waals surface area contributed by atoms with E-state index in [0.717, 1.165) is 5.56 Å². The zero-order valence-corrected chi connectivity index (χ0v) is 8.32. The minimum Gasteiger partial charge on any atom is -0.489 e. The van der Waals surface area contributed by atoms with Crippen molar-refractivity contribution in [3.8, 4) is 5.75 Å². The highest BCUT2D eigenvalue weighted by atomic mass is 19.1. The van der Waals surface area contributed by atoms with Crippen molar-refractivity contribution in [2.45, 2.75) is 6.61 Å². The molecule has 1 aromatic carbocycles. The topological polar surface area (TPSA) is 55.5 Å². The average molecular weight is 211 g/mol. The van der Waals surface area contributed by atoms with Gasteiger partial charge in [-0.2, -0.15) is 0 Å². The first kappa shape index (κ1) is 11.7. The van der Waals surface area contributed by atoms with Gasteiger partial charge in [-0.3, -0.25) is 0 Å². The summed E-state index contributed by atoms with van der Waals surface area (Å²) in [5, 5.41) is 8.81. The highest BCUT2D eigenvalue weighted by molar-refractivity contribution is 5.27. The summed E-state index contributed by atoms with van der Waals surface area (Å²) in [4.78, 5) is 0. The molecule has 4 heteroatoms. The van der Waals surface area contributed by atoms with Crippen LogP contribution in [0.15, 0.2) is 36.2 Å². The van der Waals surface area contributed by atoms with Gasteiger partial charge in [-0.05, 0) is 17.7 Å². The molecule has 0 spiro atoms. The molecule has 0 fully saturated rings. The third kappa shape index (κ3) is 3.69. The summed E-state index contributed by atoms with van der Waals surface area (Å²) in [6.07, 6.45) is 0.460. The smallest absolute Gasteiger partial charge is 0.119 e. The summed E-state index contributed by atoms with van der Waals surface area (Å²) in [6, 6.07) is 6.93. The van der Waals surface area contributed by atoms with E-state index in [9.17, 15) is 4.39 Å². The van der Waals surface area contributed by atoms with E-state index in [1.807, 2.05) is 0 Å². The standard InChI is InChI=1S/C11H14FNO2/c12-5-10(6-13)8-15-11-3-1-9(7-14)2-4-11/h1-5,14H,6-8,13H2/b10-5-. The first-order chi connectivity index (χ1) is 7.30. The van der Waals surface area contributed by atoms with Gasteiger partial charge in [-0.15, -0.1) is 0 Å². The van der Waals surface area contributed by atoms with Gasteiger partial charge >= 0.3 is 0 Å². The second kappa shape index (κ2) is 6.16. The molecule has 0 saturated carbocycles. The molecule has 0 atom stereocenters. The number of hydrogen-bond acceptors (Lipinski definition) is 3. The molecule has 3 N–H and O–H groups in total. The predicted octanol–water partition coefficient (Wildman–Crippen LogP) is 1.37. The first-order valence-corrected chi connectivity index (χ1v) is 4.61. The minimum atomic E-state index is -0.00128. The number of halogens is 1. The van der Waals surface area contributed by atoms with Crippen LogP contribution in [0.2, 0.25) is 0 Å². The van der Waals surface area contributed by atoms with E-state index in [4.69, 9.17) is 15.6 Å². The lowest BCUT2D eigenvalue weighted by Gasteiger charge is -2.07. The lowest BCUT2D eigenvalue weighted by Crippen LogP contribution is -2.10. The molecule has 82 valence electrons. The number of aliphatic hydroxyl groups is 1. The van der Waals surface area contributed by atoms with Gasteiger partial charge in [0.25, 0.3) is 0 Å². The van der Waals surface area contributed by atoms with Crippen molar-refractivity contribution in [2.75, 3.05) is 13.2 Å². The number of benzene rings is 1. The molecular weight excluding hydrogens is 197 g/mol. The molecule has 0 aliphatic heterocycles. The van der Waals surface area contributed by atoms with E-state index in [-0.39, 0.29) is 19.8 Å². The van der Waals surface area contributed by atoms with Gasteiger partial charge in [0.05, 0.1) is 12.9 Å². The molecule has 1 aromatic rings. The van der Waals surface area contributed by atoms with Crippen LogP contribution in [0.4, 0.5) is 4.39 Å². The SMILES string of the molecule is NC/C(=C/F)COc1ccc(CO)cc1. The molecule has 1 rings (SSSR count). The summed E-state index contributed by atoms with van der Waals surface area (Å²) >= 11 is 0. The maximum absolute atomic E-state index is 12.1. The summed E-state index contributed by atoms with van der Waals surface area (Å²) < 4.78 is 17.4. The van der Waals surface area contributed by atoms with Crippen molar-refractivity contribution in [3.05, 3.63) is 41.7 Å². The fourth-order valence-corrected chi connectivity index (χ4v) is 1.00. The fourth-order valence-electron chi connectivity index (χ4n) is 1.00. The molecule has 15 heavy (non-hydrogen) atoms. The van der Waals surface area contributed by atoms with E-state index in [1.165, 1.54) is 0 Å². The summed E-state index contributed by atoms with van der Waals surface area (Å²) in [7, 11) is 0. The molecule has 3 nitrogen and oxygen atoms in total. The fraction of sp³-hybridized carbons (Fsp3) is 0.273. The van der Waals surface area contributed by atoms with Crippen molar-refractivity contribution in [3.63, 3.8) is 0 Å². The Morgan fingerprint density at radius 2 is 2.07 bits per heavy atom. The molecule has 0 aliphatic carbocycles. The van der Waals surface area contributed by atoms with E-state index in [2.05, 4.69) is 0 Å². The number of rotatable bonds is 5. The molecule has 0 saturated heterocycles. The Bertz CT molecular complexity index is 322. The van der Waals surface area contributed by atoms with Crippen LogP contribution in [0.25, 0.3) is 0 Å². The van der Waals surface area contributed by atoms with Crippen LogP contribution in [0.1, 0.15) is 5.56 Å². The van der Waals surface area contributed by atoms with Crippen molar-refractivity contribution in [1.29, 1.82) is 0 Å². The van der Waals surface area contributed by atoms with E-state index in [1.54, 1.807) is 24.3 Å². The molecule has 0 radical (unpaired) electrons. The zero-order valence-electron chi connectivity index (χ0n) is 8.32. The van der Waals surface area contributed by atoms with Crippen molar-refractivity contribution >= 4 is 0 Å². The monoisotopic (exact) mass is 211 g/mol. The number of aliphatic hydroxyl groups excluding tert-OH is 1. The Hall–Kier alpha value is -1.39. The summed E-state index contributed by atoms with van der Waals surface area (Å²) in [5.74, 6) is 0.625. The second-order valence-electron chi connectivity index (χ2n) is 3.06. The van der Waals surface area contributed by atoms with Gasteiger partial charge in [0.2, 0.25) is 0 Å². The van der Waals surface area contributed by atoms with Crippen LogP contribution < -0.4 is 10.5 Å². The average Bonchev–Trinajstić information content (AvgIpc) is 2.31. The van der Waals surface area contributed by atoms with E-state index >= 15 is 0 Å². The lowest BCUT2D eigenvalue weighted by molar-refractivity contribution is 0.281. The normalized spacial score (nSPS) is 11.5. The van der Waals surface area contributed by atoms with Crippen LogP contribution in [-0.4, -0.2) is 18.3 Å².